The largest absolute Gasteiger partial charge is 0.380 e. The molecule has 1 N–H and O–H groups in total. The summed E-state index contributed by atoms with van der Waals surface area (Å²) >= 11 is 6.02. The monoisotopic (exact) mass is 257 g/mol. The van der Waals surface area contributed by atoms with Crippen LogP contribution in [0.2, 0.25) is 5.02 Å². The number of aromatic nitrogens is 2. The SMILES string of the molecule is CCCCC(C)Nc1cnn(CC)c(=O)c1Cl. The molecule has 1 heterocycles. The van der Waals surface area contributed by atoms with Crippen molar-refractivity contribution < 1.29 is 0 Å². The first kappa shape index (κ1) is 14.0. The number of halogens is 1. The highest BCUT2D eigenvalue weighted by molar-refractivity contribution is 6.32. The van der Waals surface area contributed by atoms with Crippen LogP contribution in [0.1, 0.15) is 40.0 Å². The predicted octanol–water partition coefficient (Wildman–Crippen LogP) is 2.91. The fourth-order valence-corrected chi connectivity index (χ4v) is 1.84. The van der Waals surface area contributed by atoms with Crippen LogP contribution in [0.4, 0.5) is 5.69 Å². The van der Waals surface area contributed by atoms with Crippen molar-refractivity contribution in [1.82, 2.24) is 9.78 Å². The third kappa shape index (κ3) is 3.73. The van der Waals surface area contributed by atoms with Gasteiger partial charge in [-0.2, -0.15) is 5.10 Å². The zero-order valence-corrected chi connectivity index (χ0v) is 11.4. The molecule has 0 aliphatic carbocycles. The van der Waals surface area contributed by atoms with Crippen molar-refractivity contribution in [3.8, 4) is 0 Å². The molecule has 0 radical (unpaired) electrons. The van der Waals surface area contributed by atoms with Gasteiger partial charge in [0.1, 0.15) is 5.02 Å². The molecule has 5 heteroatoms. The summed E-state index contributed by atoms with van der Waals surface area (Å²) in [6, 6.07) is 0.297. The lowest BCUT2D eigenvalue weighted by atomic mass is 10.1. The molecule has 1 atom stereocenters. The van der Waals surface area contributed by atoms with Crippen molar-refractivity contribution in [3.05, 3.63) is 21.6 Å². The molecule has 0 spiro atoms. The molecule has 96 valence electrons. The van der Waals surface area contributed by atoms with Gasteiger partial charge in [0.25, 0.3) is 5.56 Å². The van der Waals surface area contributed by atoms with Crippen LogP contribution in [0.25, 0.3) is 0 Å². The molecule has 1 aromatic heterocycles. The Balaban J connectivity index is 2.79. The number of hydrogen-bond acceptors (Lipinski definition) is 3. The lowest BCUT2D eigenvalue weighted by Gasteiger charge is -2.15. The molecule has 1 rings (SSSR count). The van der Waals surface area contributed by atoms with E-state index in [1.54, 1.807) is 6.20 Å². The molecule has 0 amide bonds. The molecule has 0 saturated heterocycles. The minimum atomic E-state index is -0.234. The van der Waals surface area contributed by atoms with Crippen molar-refractivity contribution in [1.29, 1.82) is 0 Å². The summed E-state index contributed by atoms with van der Waals surface area (Å²) < 4.78 is 1.35. The molecule has 17 heavy (non-hydrogen) atoms. The van der Waals surface area contributed by atoms with Gasteiger partial charge in [-0.15, -0.1) is 0 Å². The average molecular weight is 258 g/mol. The second-order valence-electron chi connectivity index (χ2n) is 4.18. The smallest absolute Gasteiger partial charge is 0.287 e. The van der Waals surface area contributed by atoms with E-state index in [1.807, 2.05) is 6.92 Å². The molecule has 0 saturated carbocycles. The van der Waals surface area contributed by atoms with Crippen LogP contribution in [0, 0.1) is 0 Å². The molecular weight excluding hydrogens is 238 g/mol. The molecular formula is C12H20ClN3O. The van der Waals surface area contributed by atoms with Gasteiger partial charge in [-0.3, -0.25) is 4.79 Å². The van der Waals surface area contributed by atoms with Gasteiger partial charge in [0.2, 0.25) is 0 Å². The van der Waals surface area contributed by atoms with E-state index in [2.05, 4.69) is 24.3 Å². The fraction of sp³-hybridized carbons (Fsp3) is 0.667. The first-order valence-electron chi connectivity index (χ1n) is 6.12. The van der Waals surface area contributed by atoms with Crippen LogP contribution in [0.5, 0.6) is 0 Å². The van der Waals surface area contributed by atoms with Gasteiger partial charge in [0.05, 0.1) is 11.9 Å². The summed E-state index contributed by atoms with van der Waals surface area (Å²) in [7, 11) is 0. The topological polar surface area (TPSA) is 46.9 Å². The van der Waals surface area contributed by atoms with Gasteiger partial charge in [-0.1, -0.05) is 31.4 Å². The van der Waals surface area contributed by atoms with E-state index in [-0.39, 0.29) is 10.6 Å². The molecule has 4 nitrogen and oxygen atoms in total. The summed E-state index contributed by atoms with van der Waals surface area (Å²) in [4.78, 5) is 11.7. The summed E-state index contributed by atoms with van der Waals surface area (Å²) in [5.74, 6) is 0. The Morgan fingerprint density at radius 2 is 2.24 bits per heavy atom. The van der Waals surface area contributed by atoms with E-state index < -0.39 is 0 Å². The second kappa shape index (κ2) is 6.64. The number of aryl methyl sites for hydroxylation is 1. The summed E-state index contributed by atoms with van der Waals surface area (Å²) in [6.45, 7) is 6.63. The van der Waals surface area contributed by atoms with Crippen LogP contribution in [-0.4, -0.2) is 15.8 Å². The van der Waals surface area contributed by atoms with Crippen LogP contribution >= 0.6 is 11.6 Å². The molecule has 0 aliphatic rings. The van der Waals surface area contributed by atoms with Crippen LogP contribution in [0.15, 0.2) is 11.0 Å². The van der Waals surface area contributed by atoms with Gasteiger partial charge in [0.15, 0.2) is 0 Å². The molecule has 0 fully saturated rings. The van der Waals surface area contributed by atoms with E-state index in [9.17, 15) is 4.79 Å². The Bertz CT molecular complexity index is 417. The number of rotatable bonds is 6. The van der Waals surface area contributed by atoms with Crippen LogP contribution in [0.3, 0.4) is 0 Å². The number of nitrogens with one attached hydrogen (secondary N) is 1. The third-order valence-corrected chi connectivity index (χ3v) is 3.04. The van der Waals surface area contributed by atoms with E-state index in [0.717, 1.165) is 19.3 Å². The van der Waals surface area contributed by atoms with Crippen molar-refractivity contribution in [3.63, 3.8) is 0 Å². The maximum Gasteiger partial charge on any atom is 0.287 e. The summed E-state index contributed by atoms with van der Waals surface area (Å²) in [5, 5.41) is 7.50. The van der Waals surface area contributed by atoms with Gasteiger partial charge in [-0.05, 0) is 20.3 Å². The second-order valence-corrected chi connectivity index (χ2v) is 4.56. The molecule has 0 aromatic carbocycles. The first-order chi connectivity index (χ1) is 8.10. The van der Waals surface area contributed by atoms with Gasteiger partial charge < -0.3 is 5.32 Å². The van der Waals surface area contributed by atoms with E-state index in [1.165, 1.54) is 4.68 Å². The highest BCUT2D eigenvalue weighted by Crippen LogP contribution is 2.17. The number of nitrogens with zero attached hydrogens (tertiary/aromatic N) is 2. The Morgan fingerprint density at radius 3 is 2.82 bits per heavy atom. The highest BCUT2D eigenvalue weighted by atomic mass is 35.5. The Kier molecular flexibility index (Phi) is 5.48. The third-order valence-electron chi connectivity index (χ3n) is 2.68. The first-order valence-corrected chi connectivity index (χ1v) is 6.50. The quantitative estimate of drug-likeness (QED) is 0.852. The average Bonchev–Trinajstić information content (AvgIpc) is 2.33. The number of hydrogen-bond donors (Lipinski definition) is 1. The van der Waals surface area contributed by atoms with Gasteiger partial charge in [-0.25, -0.2) is 4.68 Å². The highest BCUT2D eigenvalue weighted by Gasteiger charge is 2.10. The van der Waals surface area contributed by atoms with Crippen molar-refractivity contribution in [2.24, 2.45) is 0 Å². The van der Waals surface area contributed by atoms with E-state index >= 15 is 0 Å². The van der Waals surface area contributed by atoms with Crippen LogP contribution in [-0.2, 0) is 6.54 Å². The van der Waals surface area contributed by atoms with Gasteiger partial charge >= 0.3 is 0 Å². The van der Waals surface area contributed by atoms with Crippen molar-refractivity contribution in [2.45, 2.75) is 52.6 Å². The van der Waals surface area contributed by atoms with Gasteiger partial charge in [0, 0.05) is 12.6 Å². The maximum atomic E-state index is 11.7. The minimum Gasteiger partial charge on any atom is -0.380 e. The molecule has 0 aliphatic heterocycles. The fourth-order valence-electron chi connectivity index (χ4n) is 1.64. The lowest BCUT2D eigenvalue weighted by Crippen LogP contribution is -2.25. The van der Waals surface area contributed by atoms with E-state index in [4.69, 9.17) is 11.6 Å². The van der Waals surface area contributed by atoms with Crippen molar-refractivity contribution in [2.75, 3.05) is 5.32 Å². The number of unbranched alkanes of at least 4 members (excludes halogenated alkanes) is 1. The van der Waals surface area contributed by atoms with Crippen molar-refractivity contribution >= 4 is 17.3 Å². The lowest BCUT2D eigenvalue weighted by molar-refractivity contribution is 0.611. The summed E-state index contributed by atoms with van der Waals surface area (Å²) in [5.41, 5.74) is 0.395. The molecule has 1 aromatic rings. The zero-order chi connectivity index (χ0) is 12.8. The normalized spacial score (nSPS) is 12.5. The minimum absolute atomic E-state index is 0.227. The van der Waals surface area contributed by atoms with Crippen LogP contribution < -0.4 is 10.9 Å². The molecule has 1 unspecified atom stereocenters. The Hall–Kier alpha value is -1.03. The maximum absolute atomic E-state index is 11.7. The summed E-state index contributed by atoms with van der Waals surface area (Å²) in [6.07, 6.45) is 5.00. The standard InChI is InChI=1S/C12H20ClN3O/c1-4-6-7-9(3)15-10-8-14-16(5-2)12(17)11(10)13/h8-9,15H,4-7H2,1-3H3. The molecule has 0 bridgehead atoms. The van der Waals surface area contributed by atoms with E-state index in [0.29, 0.717) is 18.3 Å². The Labute approximate surface area is 107 Å². The predicted molar refractivity (Wildman–Crippen MR) is 71.8 cm³/mol. The number of anilines is 1. The zero-order valence-electron chi connectivity index (χ0n) is 10.7. The Morgan fingerprint density at radius 1 is 1.53 bits per heavy atom.